The summed E-state index contributed by atoms with van der Waals surface area (Å²) in [4.78, 5) is 3.28. The standard InChI is InChI=1S/C33H40N2O6S2Se/c1-6-41-27-8-10-30-28(21-27)34(12-7-15-43(36,37)38)32(42-30)18-24-16-22(2)17-25(23(24)3)19-33-35(13-14-39-4)29-20-26(40-5)9-11-31(29)44-33/h8-11,18-22H,6-7,12-17H2,1-5H3/p+1. The summed E-state index contributed by atoms with van der Waals surface area (Å²) in [6.07, 6.45) is 6.99. The molecule has 1 aromatic heterocycles. The van der Waals surface area contributed by atoms with Crippen molar-refractivity contribution in [3.05, 3.63) is 68.8 Å². The van der Waals surface area contributed by atoms with E-state index in [2.05, 4.69) is 53.7 Å². The number of allylic oxidation sites excluding steroid dienone is 4. The molecule has 1 unspecified atom stereocenters. The topological polar surface area (TPSA) is 89.2 Å². The second-order valence-corrected chi connectivity index (χ2v) is 16.1. The van der Waals surface area contributed by atoms with Gasteiger partial charge in [0.05, 0.1) is 6.61 Å². The van der Waals surface area contributed by atoms with Crippen molar-refractivity contribution in [2.24, 2.45) is 5.92 Å². The summed E-state index contributed by atoms with van der Waals surface area (Å²) in [5, 5.41) is 1.06. The van der Waals surface area contributed by atoms with Gasteiger partial charge >= 0.3 is 245 Å². The van der Waals surface area contributed by atoms with Gasteiger partial charge in [0, 0.05) is 0 Å². The van der Waals surface area contributed by atoms with Crippen LogP contribution in [-0.4, -0.2) is 67.2 Å². The SMILES string of the molecule is CCOc1ccc2c(c1)N(CCCS(=O)(=O)O)C(=CC1=C(C)C(=Cc3[se]c4ccc(OC)cc4[n+]3CCOC)CC(C)C1)S2. The van der Waals surface area contributed by atoms with Crippen LogP contribution in [0.3, 0.4) is 0 Å². The number of hydrogen-bond acceptors (Lipinski definition) is 7. The maximum absolute atomic E-state index is 11.5. The molecule has 1 aliphatic carbocycles. The van der Waals surface area contributed by atoms with Crippen molar-refractivity contribution in [1.29, 1.82) is 0 Å². The number of hydrogen-bond donors (Lipinski definition) is 1. The van der Waals surface area contributed by atoms with Gasteiger partial charge in [-0.25, -0.2) is 0 Å². The molecule has 236 valence electrons. The molecule has 0 fully saturated rings. The Kier molecular flexibility index (Phi) is 10.7. The molecule has 2 aromatic carbocycles. The summed E-state index contributed by atoms with van der Waals surface area (Å²) < 4.78 is 54.2. The third-order valence-electron chi connectivity index (χ3n) is 7.95. The van der Waals surface area contributed by atoms with Crippen LogP contribution in [0.25, 0.3) is 15.9 Å². The van der Waals surface area contributed by atoms with Crippen LogP contribution in [0.15, 0.2) is 69.1 Å². The Bertz CT molecular complexity index is 1730. The molecular weight excluding hydrogens is 663 g/mol. The number of rotatable bonds is 12. The second kappa shape index (κ2) is 14.3. The fourth-order valence-corrected chi connectivity index (χ4v) is 9.79. The van der Waals surface area contributed by atoms with Gasteiger partial charge in [0.15, 0.2) is 0 Å². The van der Waals surface area contributed by atoms with E-state index in [0.29, 0.717) is 32.1 Å². The molecule has 44 heavy (non-hydrogen) atoms. The number of methoxy groups -OCH3 is 2. The molecule has 0 saturated carbocycles. The van der Waals surface area contributed by atoms with Gasteiger partial charge < -0.3 is 0 Å². The van der Waals surface area contributed by atoms with Gasteiger partial charge in [-0.2, -0.15) is 8.42 Å². The molecule has 0 radical (unpaired) electrons. The molecule has 1 atom stereocenters. The quantitative estimate of drug-likeness (QED) is 0.138. The summed E-state index contributed by atoms with van der Waals surface area (Å²) >= 11 is 1.87. The molecule has 0 saturated heterocycles. The Morgan fingerprint density at radius 3 is 2.66 bits per heavy atom. The van der Waals surface area contributed by atoms with Gasteiger partial charge in [0.1, 0.15) is 0 Å². The monoisotopic (exact) mass is 705 g/mol. The van der Waals surface area contributed by atoms with Crippen molar-refractivity contribution < 1.29 is 31.7 Å². The third kappa shape index (κ3) is 7.63. The van der Waals surface area contributed by atoms with Crippen molar-refractivity contribution in [2.45, 2.75) is 51.5 Å². The Labute approximate surface area is 270 Å². The second-order valence-electron chi connectivity index (χ2n) is 11.2. The Hall–Kier alpha value is -2.53. The molecule has 11 heteroatoms. The molecule has 2 aliphatic rings. The van der Waals surface area contributed by atoms with Crippen LogP contribution < -0.4 is 18.9 Å². The van der Waals surface area contributed by atoms with Crippen molar-refractivity contribution in [2.75, 3.05) is 44.6 Å². The molecule has 5 rings (SSSR count). The normalized spacial score (nSPS) is 19.0. The fraction of sp³-hybridized carbons (Fsp3) is 0.424. The first-order valence-electron chi connectivity index (χ1n) is 14.9. The van der Waals surface area contributed by atoms with Crippen molar-refractivity contribution in [1.82, 2.24) is 0 Å². The van der Waals surface area contributed by atoms with Crippen molar-refractivity contribution in [3.8, 4) is 11.5 Å². The number of benzene rings is 2. The molecule has 8 nitrogen and oxygen atoms in total. The zero-order valence-electron chi connectivity index (χ0n) is 26.0. The Balaban J connectivity index is 1.53. The van der Waals surface area contributed by atoms with E-state index in [-0.39, 0.29) is 20.3 Å². The van der Waals surface area contributed by atoms with Gasteiger partial charge in [-0.3, -0.25) is 4.55 Å². The number of nitrogens with zero attached hydrogens (tertiary/aromatic N) is 2. The van der Waals surface area contributed by atoms with E-state index < -0.39 is 10.1 Å². The first-order valence-corrected chi connectivity index (χ1v) is 19.0. The average Bonchev–Trinajstić information content (AvgIpc) is 3.49. The van der Waals surface area contributed by atoms with Gasteiger partial charge in [-0.05, 0) is 6.92 Å². The van der Waals surface area contributed by atoms with E-state index in [0.717, 1.165) is 46.5 Å². The first kappa shape index (κ1) is 32.9. The van der Waals surface area contributed by atoms with Crippen LogP contribution in [0.4, 0.5) is 5.69 Å². The Morgan fingerprint density at radius 2 is 1.93 bits per heavy atom. The maximum atomic E-state index is 11.5. The summed E-state index contributed by atoms with van der Waals surface area (Å²) in [6.45, 7) is 8.95. The zero-order chi connectivity index (χ0) is 31.4. The summed E-state index contributed by atoms with van der Waals surface area (Å²) in [6, 6.07) is 12.4. The van der Waals surface area contributed by atoms with Gasteiger partial charge in [0.2, 0.25) is 0 Å². The molecule has 0 bridgehead atoms. The third-order valence-corrected chi connectivity index (χ3v) is 12.2. The molecule has 1 N–H and O–H groups in total. The van der Waals surface area contributed by atoms with Crippen LogP contribution in [0, 0.1) is 5.92 Å². The molecule has 1 aliphatic heterocycles. The van der Waals surface area contributed by atoms with E-state index >= 15 is 0 Å². The predicted molar refractivity (Wildman–Crippen MR) is 179 cm³/mol. The van der Waals surface area contributed by atoms with Crippen LogP contribution in [-0.2, 0) is 21.4 Å². The van der Waals surface area contributed by atoms with E-state index in [9.17, 15) is 13.0 Å². The first-order chi connectivity index (χ1) is 21.1. The molecule has 0 amide bonds. The molecule has 3 aromatic rings. The van der Waals surface area contributed by atoms with Gasteiger partial charge in [0.25, 0.3) is 0 Å². The number of thioether (sulfide) groups is 1. The van der Waals surface area contributed by atoms with E-state index in [1.807, 2.05) is 25.1 Å². The summed E-state index contributed by atoms with van der Waals surface area (Å²) in [7, 11) is -0.593. The molecule has 2 heterocycles. The van der Waals surface area contributed by atoms with Crippen LogP contribution in [0.2, 0.25) is 0 Å². The Morgan fingerprint density at radius 1 is 1.14 bits per heavy atom. The fourth-order valence-electron chi connectivity index (χ4n) is 5.78. The molecule has 0 spiro atoms. The number of anilines is 1. The van der Waals surface area contributed by atoms with Crippen molar-refractivity contribution in [3.63, 3.8) is 0 Å². The number of fused-ring (bicyclic) bond motifs is 2. The summed E-state index contributed by atoms with van der Waals surface area (Å²) in [5.74, 6) is 1.85. The summed E-state index contributed by atoms with van der Waals surface area (Å²) in [5.41, 5.74) is 6.15. The number of aromatic nitrogens is 1. The van der Waals surface area contributed by atoms with E-state index in [1.54, 1.807) is 26.0 Å². The van der Waals surface area contributed by atoms with Gasteiger partial charge in [-0.15, -0.1) is 0 Å². The molecular formula is C33H41N2O6S2Se+. The van der Waals surface area contributed by atoms with Gasteiger partial charge in [-0.1, -0.05) is 0 Å². The zero-order valence-corrected chi connectivity index (χ0v) is 29.3. The van der Waals surface area contributed by atoms with E-state index in [1.165, 1.54) is 31.1 Å². The van der Waals surface area contributed by atoms with Crippen LogP contribution in [0.5, 0.6) is 11.5 Å². The van der Waals surface area contributed by atoms with E-state index in [4.69, 9.17) is 14.2 Å². The predicted octanol–water partition coefficient (Wildman–Crippen LogP) is 6.10. The number of ether oxygens (including phenoxy) is 3. The van der Waals surface area contributed by atoms with Crippen LogP contribution in [0.1, 0.15) is 44.6 Å². The average molecular weight is 705 g/mol. The minimum atomic E-state index is -4.04. The minimum absolute atomic E-state index is 0.174. The van der Waals surface area contributed by atoms with Crippen LogP contribution >= 0.6 is 11.8 Å². The van der Waals surface area contributed by atoms with Crippen molar-refractivity contribution >= 4 is 57.9 Å².